The molecule has 0 aliphatic carbocycles. The Morgan fingerprint density at radius 2 is 1.88 bits per heavy atom. The van der Waals surface area contributed by atoms with Gasteiger partial charge < -0.3 is 5.11 Å². The van der Waals surface area contributed by atoms with Crippen LogP contribution in [0.1, 0.15) is 33.6 Å². The molecule has 0 spiro atoms. The summed E-state index contributed by atoms with van der Waals surface area (Å²) >= 11 is 0. The quantitative estimate of drug-likeness (QED) is 0.568. The van der Waals surface area contributed by atoms with Crippen LogP contribution in [0.15, 0.2) is 0 Å². The fraction of sp³-hybridized carbons (Fsp3) is 0.900. The Hall–Kier alpha value is -0.660. The van der Waals surface area contributed by atoms with Gasteiger partial charge in [-0.15, -0.1) is 0 Å². The average molecular weight is 266 g/mol. The zero-order chi connectivity index (χ0) is 13.5. The average Bonchev–Trinajstić information content (AvgIpc) is 2.12. The van der Waals surface area contributed by atoms with E-state index in [-0.39, 0.29) is 18.9 Å². The van der Waals surface area contributed by atoms with E-state index in [0.29, 0.717) is 18.9 Å². The number of carboxylic acids is 1. The van der Waals surface area contributed by atoms with Gasteiger partial charge in [0.25, 0.3) is 10.2 Å². The first kappa shape index (κ1) is 16.3. The van der Waals surface area contributed by atoms with Gasteiger partial charge in [0, 0.05) is 19.5 Å². The number of hydrogen-bond acceptors (Lipinski definition) is 3. The number of aliphatic carboxylic acids is 1. The lowest BCUT2D eigenvalue weighted by Gasteiger charge is -2.17. The summed E-state index contributed by atoms with van der Waals surface area (Å²) in [5.74, 6) is -0.748. The predicted octanol–water partition coefficient (Wildman–Crippen LogP) is 0.567. The summed E-state index contributed by atoms with van der Waals surface area (Å²) in [5, 5.41) is 8.74. The number of carboxylic acid groups (broad SMARTS) is 1. The van der Waals surface area contributed by atoms with Crippen LogP contribution in [0.4, 0.5) is 0 Å². The van der Waals surface area contributed by atoms with Crippen LogP contribution in [0, 0.1) is 11.8 Å². The molecule has 0 aromatic rings. The third-order valence-electron chi connectivity index (χ3n) is 2.16. The minimum Gasteiger partial charge on any atom is -0.481 e. The normalized spacial score (nSPS) is 13.9. The first-order valence-corrected chi connectivity index (χ1v) is 7.21. The van der Waals surface area contributed by atoms with Gasteiger partial charge in [-0.2, -0.15) is 8.42 Å². The van der Waals surface area contributed by atoms with Crippen molar-refractivity contribution in [2.45, 2.75) is 33.6 Å². The van der Waals surface area contributed by atoms with Crippen molar-refractivity contribution in [3.63, 3.8) is 0 Å². The van der Waals surface area contributed by atoms with Crippen molar-refractivity contribution in [2.24, 2.45) is 11.8 Å². The summed E-state index contributed by atoms with van der Waals surface area (Å²) < 4.78 is 27.3. The van der Waals surface area contributed by atoms with Gasteiger partial charge in [-0.05, 0) is 18.3 Å². The standard InChI is InChI=1S/C10H22N2O4S/c1-4-11-17(15,16)12-7-9(5-8(2)3)6-10(13)14/h8-9,11-12H,4-7H2,1-3H3,(H,13,14). The van der Waals surface area contributed by atoms with Crippen molar-refractivity contribution in [2.75, 3.05) is 13.1 Å². The lowest BCUT2D eigenvalue weighted by Crippen LogP contribution is -2.39. The minimum absolute atomic E-state index is 0.0210. The van der Waals surface area contributed by atoms with Crippen LogP contribution in [-0.4, -0.2) is 32.6 Å². The Kier molecular flexibility index (Phi) is 7.33. The van der Waals surface area contributed by atoms with E-state index in [1.165, 1.54) is 0 Å². The summed E-state index contributed by atoms with van der Waals surface area (Å²) in [4.78, 5) is 10.6. The van der Waals surface area contributed by atoms with Gasteiger partial charge in [0.1, 0.15) is 0 Å². The summed E-state index contributed by atoms with van der Waals surface area (Å²) in [6.07, 6.45) is 0.660. The fourth-order valence-corrected chi connectivity index (χ4v) is 2.56. The molecule has 6 nitrogen and oxygen atoms in total. The van der Waals surface area contributed by atoms with E-state index >= 15 is 0 Å². The van der Waals surface area contributed by atoms with Gasteiger partial charge in [-0.1, -0.05) is 20.8 Å². The molecule has 7 heteroatoms. The van der Waals surface area contributed by atoms with Crippen LogP contribution in [0.2, 0.25) is 0 Å². The van der Waals surface area contributed by atoms with Gasteiger partial charge >= 0.3 is 5.97 Å². The second kappa shape index (κ2) is 7.62. The van der Waals surface area contributed by atoms with Crippen molar-refractivity contribution < 1.29 is 18.3 Å². The van der Waals surface area contributed by atoms with Gasteiger partial charge in [0.15, 0.2) is 0 Å². The molecule has 17 heavy (non-hydrogen) atoms. The van der Waals surface area contributed by atoms with E-state index in [9.17, 15) is 13.2 Å². The first-order valence-electron chi connectivity index (χ1n) is 5.72. The summed E-state index contributed by atoms with van der Waals surface area (Å²) in [6.45, 7) is 6.10. The molecule has 0 radical (unpaired) electrons. The molecule has 0 aliphatic rings. The largest absolute Gasteiger partial charge is 0.481 e. The predicted molar refractivity (Wildman–Crippen MR) is 65.8 cm³/mol. The Balaban J connectivity index is 4.29. The monoisotopic (exact) mass is 266 g/mol. The first-order chi connectivity index (χ1) is 7.76. The van der Waals surface area contributed by atoms with E-state index in [0.717, 1.165) is 0 Å². The molecular weight excluding hydrogens is 244 g/mol. The molecule has 3 N–H and O–H groups in total. The lowest BCUT2D eigenvalue weighted by atomic mass is 9.94. The smallest absolute Gasteiger partial charge is 0.303 e. The van der Waals surface area contributed by atoms with Crippen molar-refractivity contribution >= 4 is 16.2 Å². The van der Waals surface area contributed by atoms with Crippen LogP contribution in [0.3, 0.4) is 0 Å². The maximum atomic E-state index is 11.3. The Labute approximate surface area is 103 Å². The minimum atomic E-state index is -3.49. The number of nitrogens with one attached hydrogen (secondary N) is 2. The maximum absolute atomic E-state index is 11.3. The molecule has 1 unspecified atom stereocenters. The Bertz CT molecular complexity index is 327. The molecule has 102 valence electrons. The van der Waals surface area contributed by atoms with Gasteiger partial charge in [-0.25, -0.2) is 9.44 Å². The molecule has 0 aliphatic heterocycles. The van der Waals surface area contributed by atoms with Crippen LogP contribution in [-0.2, 0) is 15.0 Å². The molecule has 0 bridgehead atoms. The van der Waals surface area contributed by atoms with Crippen molar-refractivity contribution in [3.8, 4) is 0 Å². The molecule has 0 saturated heterocycles. The Morgan fingerprint density at radius 1 is 1.29 bits per heavy atom. The highest BCUT2D eigenvalue weighted by Crippen LogP contribution is 2.14. The molecule has 0 heterocycles. The molecule has 0 rings (SSSR count). The molecule has 0 amide bonds. The van der Waals surface area contributed by atoms with Gasteiger partial charge in [0.2, 0.25) is 0 Å². The second-order valence-corrected chi connectivity index (χ2v) is 6.03. The Morgan fingerprint density at radius 3 is 2.29 bits per heavy atom. The topological polar surface area (TPSA) is 95.5 Å². The third kappa shape index (κ3) is 9.08. The third-order valence-corrected chi connectivity index (χ3v) is 3.38. The van der Waals surface area contributed by atoms with E-state index in [1.54, 1.807) is 6.92 Å². The number of carbonyl (C=O) groups is 1. The molecule has 1 atom stereocenters. The lowest BCUT2D eigenvalue weighted by molar-refractivity contribution is -0.138. The summed E-state index contributed by atoms with van der Waals surface area (Å²) in [6, 6.07) is 0. The van der Waals surface area contributed by atoms with Gasteiger partial charge in [0.05, 0.1) is 0 Å². The SMILES string of the molecule is CCNS(=O)(=O)NCC(CC(=O)O)CC(C)C. The summed E-state index contributed by atoms with van der Waals surface area (Å²) in [5.41, 5.74) is 0. The second-order valence-electron chi connectivity index (χ2n) is 4.44. The molecular formula is C10H22N2O4S. The highest BCUT2D eigenvalue weighted by atomic mass is 32.2. The summed E-state index contributed by atoms with van der Waals surface area (Å²) in [7, 11) is -3.49. The highest BCUT2D eigenvalue weighted by molar-refractivity contribution is 7.87. The van der Waals surface area contributed by atoms with Gasteiger partial charge in [-0.3, -0.25) is 4.79 Å². The fourth-order valence-electron chi connectivity index (χ4n) is 1.62. The number of rotatable bonds is 9. The van der Waals surface area contributed by atoms with E-state index in [2.05, 4.69) is 9.44 Å². The van der Waals surface area contributed by atoms with E-state index in [1.807, 2.05) is 13.8 Å². The van der Waals surface area contributed by atoms with Crippen LogP contribution in [0.5, 0.6) is 0 Å². The zero-order valence-electron chi connectivity index (χ0n) is 10.6. The maximum Gasteiger partial charge on any atom is 0.303 e. The van der Waals surface area contributed by atoms with E-state index < -0.39 is 16.2 Å². The van der Waals surface area contributed by atoms with Crippen molar-refractivity contribution in [1.29, 1.82) is 0 Å². The number of hydrogen-bond donors (Lipinski definition) is 3. The van der Waals surface area contributed by atoms with E-state index in [4.69, 9.17) is 5.11 Å². The van der Waals surface area contributed by atoms with Crippen LogP contribution >= 0.6 is 0 Å². The molecule has 0 fully saturated rings. The molecule has 0 aromatic carbocycles. The highest BCUT2D eigenvalue weighted by Gasteiger charge is 2.17. The van der Waals surface area contributed by atoms with Crippen LogP contribution < -0.4 is 9.44 Å². The molecule has 0 saturated carbocycles. The van der Waals surface area contributed by atoms with Crippen LogP contribution in [0.25, 0.3) is 0 Å². The van der Waals surface area contributed by atoms with Crippen molar-refractivity contribution in [3.05, 3.63) is 0 Å². The van der Waals surface area contributed by atoms with Crippen molar-refractivity contribution in [1.82, 2.24) is 9.44 Å². The molecule has 0 aromatic heterocycles. The zero-order valence-corrected chi connectivity index (χ0v) is 11.4.